The maximum Gasteiger partial charge on any atom is 0.235 e. The molecule has 4 aromatic rings. The summed E-state index contributed by atoms with van der Waals surface area (Å²) in [4.78, 5) is 16.4. The van der Waals surface area contributed by atoms with Gasteiger partial charge in [0.05, 0.1) is 15.7 Å². The van der Waals surface area contributed by atoms with Gasteiger partial charge in [0.15, 0.2) is 11.0 Å². The van der Waals surface area contributed by atoms with E-state index in [1.807, 2.05) is 53.1 Å². The van der Waals surface area contributed by atoms with Crippen molar-refractivity contribution < 1.29 is 4.79 Å². The predicted molar refractivity (Wildman–Crippen MR) is 119 cm³/mol. The average molecular weight is 456 g/mol. The minimum absolute atomic E-state index is 0.394. The number of thioether (sulfide) groups is 1. The predicted octanol–water partition coefficient (Wildman–Crippen LogP) is 4.95. The van der Waals surface area contributed by atoms with E-state index in [9.17, 15) is 4.79 Å². The van der Waals surface area contributed by atoms with E-state index in [-0.39, 0.29) is 0 Å². The van der Waals surface area contributed by atoms with Crippen LogP contribution in [0.3, 0.4) is 0 Å². The summed E-state index contributed by atoms with van der Waals surface area (Å²) in [5.74, 6) is 0.0816. The molecule has 150 valence electrons. The van der Waals surface area contributed by atoms with Gasteiger partial charge in [-0.15, -0.1) is 10.2 Å². The molecule has 0 spiro atoms. The van der Waals surface area contributed by atoms with Gasteiger partial charge < -0.3 is 5.73 Å². The Morgan fingerprint density at radius 1 is 1.00 bits per heavy atom. The van der Waals surface area contributed by atoms with Gasteiger partial charge in [0.25, 0.3) is 0 Å². The zero-order valence-corrected chi connectivity index (χ0v) is 17.8. The molecule has 0 fully saturated rings. The standard InChI is InChI=1S/C21H15Cl2N5OS/c22-16-9-8-15(11-17(16)23)28-20(14-7-4-10-25-12-14)26-27-21(28)30-18(19(24)29)13-5-2-1-3-6-13/h1-12,18H,(H2,24,29). The Morgan fingerprint density at radius 2 is 1.80 bits per heavy atom. The van der Waals surface area contributed by atoms with Gasteiger partial charge in [0.1, 0.15) is 5.25 Å². The van der Waals surface area contributed by atoms with Crippen LogP contribution in [0.1, 0.15) is 10.8 Å². The molecule has 0 saturated heterocycles. The summed E-state index contributed by atoms with van der Waals surface area (Å²) < 4.78 is 1.81. The second kappa shape index (κ2) is 8.87. The van der Waals surface area contributed by atoms with Crippen molar-refractivity contribution in [2.75, 3.05) is 0 Å². The maximum atomic E-state index is 12.2. The van der Waals surface area contributed by atoms with E-state index in [4.69, 9.17) is 28.9 Å². The lowest BCUT2D eigenvalue weighted by Crippen LogP contribution is -2.19. The molecule has 0 saturated carbocycles. The van der Waals surface area contributed by atoms with Crippen molar-refractivity contribution in [2.45, 2.75) is 10.4 Å². The Morgan fingerprint density at radius 3 is 2.47 bits per heavy atom. The van der Waals surface area contributed by atoms with E-state index in [1.54, 1.807) is 24.5 Å². The highest BCUT2D eigenvalue weighted by Crippen LogP contribution is 2.38. The molecule has 9 heteroatoms. The van der Waals surface area contributed by atoms with E-state index in [2.05, 4.69) is 15.2 Å². The minimum atomic E-state index is -0.640. The number of hydrogen-bond donors (Lipinski definition) is 1. The molecule has 1 amide bonds. The fourth-order valence-electron chi connectivity index (χ4n) is 2.91. The van der Waals surface area contributed by atoms with Crippen LogP contribution >= 0.6 is 35.0 Å². The summed E-state index contributed by atoms with van der Waals surface area (Å²) in [6.45, 7) is 0. The van der Waals surface area contributed by atoms with Gasteiger partial charge in [-0.2, -0.15) is 0 Å². The zero-order valence-electron chi connectivity index (χ0n) is 15.4. The Kier molecular flexibility index (Phi) is 6.03. The Balaban J connectivity index is 1.84. The molecule has 0 aliphatic rings. The summed E-state index contributed by atoms with van der Waals surface area (Å²) in [5, 5.41) is 9.35. The van der Waals surface area contributed by atoms with Crippen LogP contribution in [0.15, 0.2) is 78.2 Å². The molecule has 1 atom stereocenters. The number of benzene rings is 2. The van der Waals surface area contributed by atoms with Crippen molar-refractivity contribution in [3.8, 4) is 17.1 Å². The first-order valence-corrected chi connectivity index (χ1v) is 10.5. The number of aromatic nitrogens is 4. The van der Waals surface area contributed by atoms with E-state index in [1.165, 1.54) is 11.8 Å². The SMILES string of the molecule is NC(=O)C(Sc1nnc(-c2cccnc2)n1-c1ccc(Cl)c(Cl)c1)c1ccccc1. The summed E-state index contributed by atoms with van der Waals surface area (Å²) in [6.07, 6.45) is 3.37. The van der Waals surface area contributed by atoms with Crippen molar-refractivity contribution in [3.63, 3.8) is 0 Å². The molecule has 0 aliphatic carbocycles. The molecule has 0 bridgehead atoms. The highest BCUT2D eigenvalue weighted by Gasteiger charge is 2.25. The highest BCUT2D eigenvalue weighted by molar-refractivity contribution is 8.00. The van der Waals surface area contributed by atoms with Crippen LogP contribution in [-0.4, -0.2) is 25.7 Å². The lowest BCUT2D eigenvalue weighted by molar-refractivity contribution is -0.117. The largest absolute Gasteiger partial charge is 0.368 e. The number of primary amides is 1. The van der Waals surface area contributed by atoms with Crippen LogP contribution in [0.2, 0.25) is 10.0 Å². The van der Waals surface area contributed by atoms with Crippen LogP contribution in [-0.2, 0) is 4.79 Å². The Labute approximate surface area is 187 Å². The van der Waals surface area contributed by atoms with Crippen LogP contribution in [0.4, 0.5) is 0 Å². The first kappa shape index (κ1) is 20.4. The molecule has 6 nitrogen and oxygen atoms in total. The third-order valence-corrected chi connectivity index (χ3v) is 6.25. The van der Waals surface area contributed by atoms with Gasteiger partial charge in [0, 0.05) is 18.0 Å². The van der Waals surface area contributed by atoms with Gasteiger partial charge >= 0.3 is 0 Å². The zero-order chi connectivity index (χ0) is 21.1. The number of halogens is 2. The summed E-state index contributed by atoms with van der Waals surface area (Å²) in [6, 6.07) is 18.2. The van der Waals surface area contributed by atoms with Gasteiger partial charge in [-0.1, -0.05) is 65.3 Å². The molecule has 2 N–H and O–H groups in total. The van der Waals surface area contributed by atoms with Crippen molar-refractivity contribution >= 4 is 40.9 Å². The topological polar surface area (TPSA) is 86.7 Å². The molecule has 0 radical (unpaired) electrons. The van der Waals surface area contributed by atoms with E-state index >= 15 is 0 Å². The maximum absolute atomic E-state index is 12.2. The molecule has 1 unspecified atom stereocenters. The second-order valence-corrected chi connectivity index (χ2v) is 8.18. The van der Waals surface area contributed by atoms with Crippen molar-refractivity contribution in [1.29, 1.82) is 0 Å². The van der Waals surface area contributed by atoms with E-state index < -0.39 is 11.2 Å². The lowest BCUT2D eigenvalue weighted by Gasteiger charge is -2.15. The van der Waals surface area contributed by atoms with E-state index in [0.29, 0.717) is 26.7 Å². The smallest absolute Gasteiger partial charge is 0.235 e. The van der Waals surface area contributed by atoms with Gasteiger partial charge in [-0.3, -0.25) is 14.3 Å². The number of carbonyl (C=O) groups excluding carboxylic acids is 1. The second-order valence-electron chi connectivity index (χ2n) is 6.29. The normalized spacial score (nSPS) is 11.9. The highest BCUT2D eigenvalue weighted by atomic mass is 35.5. The molecule has 2 heterocycles. The van der Waals surface area contributed by atoms with Gasteiger partial charge in [0.2, 0.25) is 5.91 Å². The first-order valence-electron chi connectivity index (χ1n) is 8.87. The number of rotatable bonds is 6. The number of amides is 1. The number of pyridine rings is 1. The molecule has 4 rings (SSSR count). The Bertz CT molecular complexity index is 1180. The average Bonchev–Trinajstić information content (AvgIpc) is 3.18. The van der Waals surface area contributed by atoms with Crippen LogP contribution < -0.4 is 5.73 Å². The molecular formula is C21H15Cl2N5OS. The monoisotopic (exact) mass is 455 g/mol. The third kappa shape index (κ3) is 4.18. The van der Waals surface area contributed by atoms with Gasteiger partial charge in [-0.25, -0.2) is 0 Å². The summed E-state index contributed by atoms with van der Waals surface area (Å²) in [5.41, 5.74) is 7.94. The van der Waals surface area contributed by atoms with Gasteiger partial charge in [-0.05, 0) is 35.9 Å². The summed E-state index contributed by atoms with van der Waals surface area (Å²) >= 11 is 13.6. The Hall–Kier alpha value is -2.87. The molecule has 2 aromatic carbocycles. The molecule has 0 aliphatic heterocycles. The molecular weight excluding hydrogens is 441 g/mol. The quantitative estimate of drug-likeness (QED) is 0.415. The lowest BCUT2D eigenvalue weighted by atomic mass is 10.1. The van der Waals surface area contributed by atoms with Crippen LogP contribution in [0.25, 0.3) is 17.1 Å². The van der Waals surface area contributed by atoms with Crippen molar-refractivity contribution in [1.82, 2.24) is 19.7 Å². The molecule has 30 heavy (non-hydrogen) atoms. The molecule has 2 aromatic heterocycles. The van der Waals surface area contributed by atoms with Crippen molar-refractivity contribution in [2.24, 2.45) is 5.73 Å². The van der Waals surface area contributed by atoms with E-state index in [0.717, 1.165) is 11.1 Å². The summed E-state index contributed by atoms with van der Waals surface area (Å²) in [7, 11) is 0. The number of nitrogens with two attached hydrogens (primary N) is 1. The third-order valence-electron chi connectivity index (χ3n) is 4.30. The van der Waals surface area contributed by atoms with Crippen LogP contribution in [0, 0.1) is 0 Å². The number of nitrogens with zero attached hydrogens (tertiary/aromatic N) is 4. The number of carbonyl (C=O) groups is 1. The minimum Gasteiger partial charge on any atom is -0.368 e. The number of hydrogen-bond acceptors (Lipinski definition) is 5. The fraction of sp³-hybridized carbons (Fsp3) is 0.0476. The van der Waals surface area contributed by atoms with Crippen molar-refractivity contribution in [3.05, 3.63) is 88.7 Å². The first-order chi connectivity index (χ1) is 14.5. The fourth-order valence-corrected chi connectivity index (χ4v) is 4.21. The van der Waals surface area contributed by atoms with Crippen LogP contribution in [0.5, 0.6) is 0 Å².